The van der Waals surface area contributed by atoms with E-state index in [4.69, 9.17) is 0 Å². The number of aromatic nitrogens is 3. The van der Waals surface area contributed by atoms with Crippen LogP contribution in [0.25, 0.3) is 11.0 Å². The number of fused-ring (bicyclic) bond motifs is 1. The van der Waals surface area contributed by atoms with Crippen molar-refractivity contribution in [2.24, 2.45) is 0 Å². The predicted octanol–water partition coefficient (Wildman–Crippen LogP) is 1.55. The van der Waals surface area contributed by atoms with Crippen LogP contribution in [0.15, 0.2) is 18.6 Å². The van der Waals surface area contributed by atoms with Gasteiger partial charge in [0.15, 0.2) is 5.78 Å². The maximum absolute atomic E-state index is 11.3. The zero-order valence-corrected chi connectivity index (χ0v) is 7.24. The lowest BCUT2D eigenvalue weighted by atomic mass is 10.2. The smallest absolute Gasteiger partial charge is 0.180 e. The number of hydrogen-bond donors (Lipinski definition) is 1. The Morgan fingerprint density at radius 2 is 2.38 bits per heavy atom. The van der Waals surface area contributed by atoms with Crippen LogP contribution in [0.3, 0.4) is 0 Å². The predicted molar refractivity (Wildman–Crippen MR) is 48.5 cm³/mol. The van der Waals surface area contributed by atoms with Crippen molar-refractivity contribution in [3.63, 3.8) is 0 Å². The van der Waals surface area contributed by atoms with Gasteiger partial charge >= 0.3 is 0 Å². The zero-order chi connectivity index (χ0) is 9.26. The third kappa shape index (κ3) is 1.30. The molecule has 4 heteroatoms. The van der Waals surface area contributed by atoms with Crippen LogP contribution in [0.2, 0.25) is 0 Å². The highest BCUT2D eigenvalue weighted by Gasteiger charge is 2.05. The summed E-state index contributed by atoms with van der Waals surface area (Å²) in [4.78, 5) is 22.3. The number of carbonyl (C=O) groups excluding carboxylic acids is 1. The van der Waals surface area contributed by atoms with E-state index < -0.39 is 0 Å². The van der Waals surface area contributed by atoms with Crippen LogP contribution in [-0.2, 0) is 0 Å². The number of carbonyl (C=O) groups is 1. The molecule has 2 aromatic rings. The number of aromatic amines is 1. The SMILES string of the molecule is CCC(=O)c1cc2nc[nH]c2cn1. The molecular formula is C9H9N3O. The van der Waals surface area contributed by atoms with Crippen molar-refractivity contribution in [1.29, 1.82) is 0 Å². The van der Waals surface area contributed by atoms with Crippen molar-refractivity contribution in [2.45, 2.75) is 13.3 Å². The van der Waals surface area contributed by atoms with Crippen LogP contribution in [0.4, 0.5) is 0 Å². The van der Waals surface area contributed by atoms with Crippen LogP contribution in [0.5, 0.6) is 0 Å². The van der Waals surface area contributed by atoms with Crippen molar-refractivity contribution in [2.75, 3.05) is 0 Å². The van der Waals surface area contributed by atoms with Crippen molar-refractivity contribution < 1.29 is 4.79 Å². The van der Waals surface area contributed by atoms with E-state index in [0.717, 1.165) is 11.0 Å². The van der Waals surface area contributed by atoms with Gasteiger partial charge in [0.2, 0.25) is 0 Å². The molecule has 0 aromatic carbocycles. The van der Waals surface area contributed by atoms with Gasteiger partial charge in [-0.25, -0.2) is 4.98 Å². The monoisotopic (exact) mass is 175 g/mol. The van der Waals surface area contributed by atoms with Gasteiger partial charge in [-0.2, -0.15) is 0 Å². The van der Waals surface area contributed by atoms with E-state index in [1.165, 1.54) is 0 Å². The summed E-state index contributed by atoms with van der Waals surface area (Å²) in [6.07, 6.45) is 3.70. The second-order valence-corrected chi connectivity index (χ2v) is 2.77. The van der Waals surface area contributed by atoms with Crippen molar-refractivity contribution in [3.05, 3.63) is 24.3 Å². The summed E-state index contributed by atoms with van der Waals surface area (Å²) in [5.74, 6) is 0.0462. The lowest BCUT2D eigenvalue weighted by Crippen LogP contribution is -1.99. The first kappa shape index (κ1) is 7.91. The highest BCUT2D eigenvalue weighted by Crippen LogP contribution is 2.09. The van der Waals surface area contributed by atoms with E-state index in [1.54, 1.807) is 18.6 Å². The number of pyridine rings is 1. The Labute approximate surface area is 75.0 Å². The molecule has 0 aliphatic carbocycles. The molecule has 66 valence electrons. The largest absolute Gasteiger partial charge is 0.343 e. The van der Waals surface area contributed by atoms with Crippen LogP contribution < -0.4 is 0 Å². The molecule has 0 unspecified atom stereocenters. The number of imidazole rings is 1. The molecule has 13 heavy (non-hydrogen) atoms. The summed E-state index contributed by atoms with van der Waals surface area (Å²) in [5.41, 5.74) is 2.13. The first-order chi connectivity index (χ1) is 6.31. The summed E-state index contributed by atoms with van der Waals surface area (Å²) in [6, 6.07) is 1.71. The molecule has 2 heterocycles. The molecule has 0 spiro atoms. The topological polar surface area (TPSA) is 58.6 Å². The molecule has 0 bridgehead atoms. The van der Waals surface area contributed by atoms with Crippen LogP contribution in [-0.4, -0.2) is 20.7 Å². The fourth-order valence-electron chi connectivity index (χ4n) is 1.17. The van der Waals surface area contributed by atoms with Gasteiger partial charge in [0, 0.05) is 6.42 Å². The van der Waals surface area contributed by atoms with E-state index in [-0.39, 0.29) is 5.78 Å². The highest BCUT2D eigenvalue weighted by molar-refractivity contribution is 5.96. The summed E-state index contributed by atoms with van der Waals surface area (Å²) in [6.45, 7) is 1.82. The summed E-state index contributed by atoms with van der Waals surface area (Å²) in [7, 11) is 0. The van der Waals surface area contributed by atoms with Crippen molar-refractivity contribution in [3.8, 4) is 0 Å². The van der Waals surface area contributed by atoms with Crippen LogP contribution in [0, 0.1) is 0 Å². The first-order valence-corrected chi connectivity index (χ1v) is 4.13. The molecule has 2 aromatic heterocycles. The molecule has 0 saturated heterocycles. The standard InChI is InChI=1S/C9H9N3O/c1-2-9(13)7-3-6-8(4-10-7)12-5-11-6/h3-5H,2H2,1H3,(H,11,12). The Hall–Kier alpha value is -1.71. The molecule has 0 amide bonds. The Morgan fingerprint density at radius 1 is 1.54 bits per heavy atom. The molecule has 0 aliphatic heterocycles. The summed E-state index contributed by atoms with van der Waals surface area (Å²) in [5, 5.41) is 0. The van der Waals surface area contributed by atoms with E-state index >= 15 is 0 Å². The zero-order valence-electron chi connectivity index (χ0n) is 7.24. The Morgan fingerprint density at radius 3 is 3.15 bits per heavy atom. The Kier molecular flexibility index (Phi) is 1.81. The molecule has 4 nitrogen and oxygen atoms in total. The van der Waals surface area contributed by atoms with Gasteiger partial charge in [0.25, 0.3) is 0 Å². The minimum absolute atomic E-state index is 0.0462. The quantitative estimate of drug-likeness (QED) is 0.704. The second-order valence-electron chi connectivity index (χ2n) is 2.77. The number of rotatable bonds is 2. The highest BCUT2D eigenvalue weighted by atomic mass is 16.1. The third-order valence-electron chi connectivity index (χ3n) is 1.91. The average molecular weight is 175 g/mol. The van der Waals surface area contributed by atoms with Crippen molar-refractivity contribution >= 4 is 16.8 Å². The van der Waals surface area contributed by atoms with Gasteiger partial charge in [-0.1, -0.05) is 6.92 Å². The van der Waals surface area contributed by atoms with E-state index in [1.807, 2.05) is 6.92 Å². The normalized spacial score (nSPS) is 10.5. The molecule has 0 aliphatic rings. The number of nitrogens with zero attached hydrogens (tertiary/aromatic N) is 2. The molecule has 0 radical (unpaired) electrons. The second kappa shape index (κ2) is 2.97. The van der Waals surface area contributed by atoms with Gasteiger partial charge in [-0.05, 0) is 6.07 Å². The Balaban J connectivity index is 2.54. The number of H-pyrrole nitrogens is 1. The fraction of sp³-hybridized carbons (Fsp3) is 0.222. The fourth-order valence-corrected chi connectivity index (χ4v) is 1.17. The molecule has 2 rings (SSSR count). The third-order valence-corrected chi connectivity index (χ3v) is 1.91. The van der Waals surface area contributed by atoms with Gasteiger partial charge < -0.3 is 4.98 Å². The van der Waals surface area contributed by atoms with Gasteiger partial charge in [0.05, 0.1) is 23.6 Å². The van der Waals surface area contributed by atoms with Crippen LogP contribution >= 0.6 is 0 Å². The van der Waals surface area contributed by atoms with Gasteiger partial charge in [-0.15, -0.1) is 0 Å². The molecule has 0 saturated carbocycles. The molecular weight excluding hydrogens is 166 g/mol. The van der Waals surface area contributed by atoms with Crippen molar-refractivity contribution in [1.82, 2.24) is 15.0 Å². The summed E-state index contributed by atoms with van der Waals surface area (Å²) < 4.78 is 0. The van der Waals surface area contributed by atoms with E-state index in [9.17, 15) is 4.79 Å². The maximum atomic E-state index is 11.3. The number of Topliss-reactive ketones (excluding diaryl/α,β-unsaturated/α-hetero) is 1. The Bertz CT molecular complexity index is 447. The van der Waals surface area contributed by atoms with Crippen LogP contribution in [0.1, 0.15) is 23.8 Å². The minimum atomic E-state index is 0.0462. The van der Waals surface area contributed by atoms with Gasteiger partial charge in [0.1, 0.15) is 5.69 Å². The van der Waals surface area contributed by atoms with E-state index in [2.05, 4.69) is 15.0 Å². The lowest BCUT2D eigenvalue weighted by molar-refractivity contribution is 0.0983. The molecule has 0 atom stereocenters. The van der Waals surface area contributed by atoms with Gasteiger partial charge in [-0.3, -0.25) is 9.78 Å². The first-order valence-electron chi connectivity index (χ1n) is 4.13. The molecule has 0 fully saturated rings. The average Bonchev–Trinajstić information content (AvgIpc) is 2.63. The molecule has 1 N–H and O–H groups in total. The minimum Gasteiger partial charge on any atom is -0.343 e. The lowest BCUT2D eigenvalue weighted by Gasteiger charge is -1.95. The number of hydrogen-bond acceptors (Lipinski definition) is 3. The maximum Gasteiger partial charge on any atom is 0.180 e. The van der Waals surface area contributed by atoms with E-state index in [0.29, 0.717) is 12.1 Å². The number of nitrogens with one attached hydrogen (secondary N) is 1. The summed E-state index contributed by atoms with van der Waals surface area (Å²) >= 11 is 0. The number of ketones is 1.